The Labute approximate surface area is 124 Å². The molecule has 0 amide bonds. The fourth-order valence-corrected chi connectivity index (χ4v) is 2.21. The van der Waals surface area contributed by atoms with Gasteiger partial charge in [0.05, 0.1) is 7.11 Å². The van der Waals surface area contributed by atoms with Gasteiger partial charge in [-0.2, -0.15) is 0 Å². The van der Waals surface area contributed by atoms with Gasteiger partial charge in [0.15, 0.2) is 6.04 Å². The molecule has 0 aliphatic rings. The maximum atomic E-state index is 12.9. The highest BCUT2D eigenvalue weighted by atomic mass is 79.9. The number of esters is 1. The summed E-state index contributed by atoms with van der Waals surface area (Å²) in [5.41, 5.74) is 1.40. The van der Waals surface area contributed by atoms with Crippen molar-refractivity contribution < 1.29 is 13.9 Å². The average Bonchev–Trinajstić information content (AvgIpc) is 2.46. The number of hydrogen-bond acceptors (Lipinski definition) is 3. The van der Waals surface area contributed by atoms with Crippen molar-refractivity contribution >= 4 is 27.6 Å². The van der Waals surface area contributed by atoms with Crippen molar-refractivity contribution in [3.8, 4) is 0 Å². The van der Waals surface area contributed by atoms with Crippen molar-refractivity contribution in [3.05, 3.63) is 64.4 Å². The van der Waals surface area contributed by atoms with Crippen molar-refractivity contribution in [2.24, 2.45) is 0 Å². The molecule has 3 nitrogen and oxygen atoms in total. The first-order chi connectivity index (χ1) is 9.60. The Morgan fingerprint density at radius 2 is 1.95 bits per heavy atom. The number of benzene rings is 2. The largest absolute Gasteiger partial charge is 0.467 e. The quantitative estimate of drug-likeness (QED) is 0.859. The van der Waals surface area contributed by atoms with E-state index in [9.17, 15) is 9.18 Å². The minimum Gasteiger partial charge on any atom is -0.467 e. The number of methoxy groups -OCH3 is 1. The van der Waals surface area contributed by atoms with Crippen molar-refractivity contribution in [2.75, 3.05) is 12.4 Å². The lowest BCUT2D eigenvalue weighted by atomic mass is 10.1. The molecule has 20 heavy (non-hydrogen) atoms. The van der Waals surface area contributed by atoms with Crippen LogP contribution in [0.1, 0.15) is 11.6 Å². The Hall–Kier alpha value is -1.88. The Kier molecular flexibility index (Phi) is 4.74. The smallest absolute Gasteiger partial charge is 0.332 e. The molecular formula is C15H13BrFNO2. The second-order valence-corrected chi connectivity index (χ2v) is 5.08. The van der Waals surface area contributed by atoms with Crippen LogP contribution < -0.4 is 5.32 Å². The minimum absolute atomic E-state index is 0.326. The molecule has 0 saturated heterocycles. The van der Waals surface area contributed by atoms with Crippen molar-refractivity contribution in [3.63, 3.8) is 0 Å². The van der Waals surface area contributed by atoms with Gasteiger partial charge in [0.25, 0.3) is 0 Å². The van der Waals surface area contributed by atoms with Gasteiger partial charge in [-0.3, -0.25) is 0 Å². The van der Waals surface area contributed by atoms with E-state index in [1.807, 2.05) is 24.3 Å². The van der Waals surface area contributed by atoms with Crippen LogP contribution in [0, 0.1) is 5.82 Å². The van der Waals surface area contributed by atoms with Gasteiger partial charge in [-0.15, -0.1) is 0 Å². The van der Waals surface area contributed by atoms with Gasteiger partial charge in [-0.05, 0) is 42.0 Å². The lowest BCUT2D eigenvalue weighted by Gasteiger charge is -2.18. The highest BCUT2D eigenvalue weighted by Gasteiger charge is 2.21. The molecule has 0 heterocycles. The van der Waals surface area contributed by atoms with Gasteiger partial charge < -0.3 is 10.1 Å². The lowest BCUT2D eigenvalue weighted by Crippen LogP contribution is -2.22. The summed E-state index contributed by atoms with van der Waals surface area (Å²) in [5.74, 6) is -0.736. The fraction of sp³-hybridized carbons (Fsp3) is 0.133. The minimum atomic E-state index is -0.650. The summed E-state index contributed by atoms with van der Waals surface area (Å²) in [5, 5.41) is 3.04. The normalized spacial score (nSPS) is 11.8. The predicted octanol–water partition coefficient (Wildman–Crippen LogP) is 3.91. The Morgan fingerprint density at radius 1 is 1.25 bits per heavy atom. The zero-order valence-electron chi connectivity index (χ0n) is 10.8. The third-order valence-electron chi connectivity index (χ3n) is 2.77. The molecule has 0 radical (unpaired) electrons. The van der Waals surface area contributed by atoms with Gasteiger partial charge in [0.2, 0.25) is 0 Å². The summed E-state index contributed by atoms with van der Waals surface area (Å²) in [7, 11) is 1.33. The predicted molar refractivity (Wildman–Crippen MR) is 78.9 cm³/mol. The zero-order valence-corrected chi connectivity index (χ0v) is 12.4. The Morgan fingerprint density at radius 3 is 2.55 bits per heavy atom. The first-order valence-corrected chi connectivity index (χ1v) is 6.75. The molecule has 1 N–H and O–H groups in total. The number of carbonyl (C=O) groups is 1. The molecular weight excluding hydrogens is 325 g/mol. The standard InChI is InChI=1S/C15H13BrFNO2/c1-20-15(19)14(10-3-2-4-11(16)9-10)18-13-7-5-12(17)6-8-13/h2-9,14,18H,1H3. The van der Waals surface area contributed by atoms with Crippen LogP contribution in [-0.2, 0) is 9.53 Å². The number of halogens is 2. The van der Waals surface area contributed by atoms with Crippen LogP contribution in [0.5, 0.6) is 0 Å². The van der Waals surface area contributed by atoms with Gasteiger partial charge >= 0.3 is 5.97 Å². The Bertz CT molecular complexity index is 601. The summed E-state index contributed by atoms with van der Waals surface area (Å²) < 4.78 is 18.6. The molecule has 2 aromatic rings. The maximum Gasteiger partial charge on any atom is 0.332 e. The Balaban J connectivity index is 2.28. The summed E-state index contributed by atoms with van der Waals surface area (Å²) in [6, 6.07) is 12.5. The second kappa shape index (κ2) is 6.52. The highest BCUT2D eigenvalue weighted by molar-refractivity contribution is 9.10. The molecule has 5 heteroatoms. The molecule has 2 aromatic carbocycles. The van der Waals surface area contributed by atoms with Gasteiger partial charge in [0.1, 0.15) is 5.82 Å². The van der Waals surface area contributed by atoms with E-state index < -0.39 is 12.0 Å². The van der Waals surface area contributed by atoms with Crippen LogP contribution in [0.3, 0.4) is 0 Å². The van der Waals surface area contributed by atoms with Gasteiger partial charge in [-0.25, -0.2) is 9.18 Å². The van der Waals surface area contributed by atoms with E-state index in [1.54, 1.807) is 12.1 Å². The number of hydrogen-bond donors (Lipinski definition) is 1. The van der Waals surface area contributed by atoms with E-state index in [4.69, 9.17) is 4.74 Å². The van der Waals surface area contributed by atoms with E-state index in [-0.39, 0.29) is 5.82 Å². The van der Waals surface area contributed by atoms with E-state index in [0.717, 1.165) is 10.0 Å². The first-order valence-electron chi connectivity index (χ1n) is 5.95. The number of rotatable bonds is 4. The topological polar surface area (TPSA) is 38.3 Å². The average molecular weight is 338 g/mol. The third-order valence-corrected chi connectivity index (χ3v) is 3.27. The van der Waals surface area contributed by atoms with E-state index in [2.05, 4.69) is 21.2 Å². The van der Waals surface area contributed by atoms with Crippen LogP contribution in [0.25, 0.3) is 0 Å². The zero-order chi connectivity index (χ0) is 14.5. The van der Waals surface area contributed by atoms with E-state index >= 15 is 0 Å². The molecule has 2 rings (SSSR count). The van der Waals surface area contributed by atoms with Crippen LogP contribution in [0.2, 0.25) is 0 Å². The van der Waals surface area contributed by atoms with Crippen LogP contribution >= 0.6 is 15.9 Å². The fourth-order valence-electron chi connectivity index (χ4n) is 1.80. The number of anilines is 1. The molecule has 104 valence electrons. The van der Waals surface area contributed by atoms with E-state index in [1.165, 1.54) is 19.2 Å². The van der Waals surface area contributed by atoms with Crippen molar-refractivity contribution in [2.45, 2.75) is 6.04 Å². The monoisotopic (exact) mass is 337 g/mol. The van der Waals surface area contributed by atoms with Crippen molar-refractivity contribution in [1.29, 1.82) is 0 Å². The van der Waals surface area contributed by atoms with Crippen LogP contribution in [0.4, 0.5) is 10.1 Å². The molecule has 0 aromatic heterocycles. The molecule has 1 atom stereocenters. The van der Waals surface area contributed by atoms with E-state index in [0.29, 0.717) is 5.69 Å². The molecule has 0 fully saturated rings. The maximum absolute atomic E-state index is 12.9. The molecule has 0 saturated carbocycles. The SMILES string of the molecule is COC(=O)C(Nc1ccc(F)cc1)c1cccc(Br)c1. The number of carbonyl (C=O) groups excluding carboxylic acids is 1. The third kappa shape index (κ3) is 3.57. The summed E-state index contributed by atoms with van der Waals surface area (Å²) in [6.45, 7) is 0. The molecule has 0 spiro atoms. The number of ether oxygens (including phenoxy) is 1. The molecule has 1 unspecified atom stereocenters. The molecule has 0 bridgehead atoms. The first kappa shape index (κ1) is 14.5. The number of nitrogens with one attached hydrogen (secondary N) is 1. The van der Waals surface area contributed by atoms with Gasteiger partial charge in [-0.1, -0.05) is 28.1 Å². The molecule has 0 aliphatic carbocycles. The van der Waals surface area contributed by atoms with Gasteiger partial charge in [0, 0.05) is 10.2 Å². The lowest BCUT2D eigenvalue weighted by molar-refractivity contribution is -0.141. The highest BCUT2D eigenvalue weighted by Crippen LogP contribution is 2.23. The van der Waals surface area contributed by atoms with Crippen molar-refractivity contribution in [1.82, 2.24) is 0 Å². The summed E-state index contributed by atoms with van der Waals surface area (Å²) >= 11 is 3.37. The summed E-state index contributed by atoms with van der Waals surface area (Å²) in [6.07, 6.45) is 0. The summed E-state index contributed by atoms with van der Waals surface area (Å²) in [4.78, 5) is 11.9. The molecule has 0 aliphatic heterocycles. The van der Waals surface area contributed by atoms with Crippen LogP contribution in [0.15, 0.2) is 53.0 Å². The second-order valence-electron chi connectivity index (χ2n) is 4.16. The van der Waals surface area contributed by atoms with Crippen LogP contribution in [-0.4, -0.2) is 13.1 Å².